The smallest absolute Gasteiger partial charge is 0.197 e. The van der Waals surface area contributed by atoms with E-state index in [1.54, 1.807) is 6.21 Å². The SMILES string of the molecule is C1=NC=N[C@H]1N=Nc1ccccc1. The van der Waals surface area contributed by atoms with E-state index >= 15 is 0 Å². The molecule has 4 heteroatoms. The molecule has 0 saturated heterocycles. The highest BCUT2D eigenvalue weighted by atomic mass is 15.2. The first kappa shape index (κ1) is 7.79. The number of aliphatic imine (C=N–C) groups is 2. The summed E-state index contributed by atoms with van der Waals surface area (Å²) in [5.74, 6) is 0. The van der Waals surface area contributed by atoms with E-state index in [1.165, 1.54) is 6.34 Å². The predicted octanol–water partition coefficient (Wildman–Crippen LogP) is 2.21. The fourth-order valence-electron chi connectivity index (χ4n) is 0.941. The summed E-state index contributed by atoms with van der Waals surface area (Å²) in [6, 6.07) is 9.55. The Morgan fingerprint density at radius 1 is 1.15 bits per heavy atom. The van der Waals surface area contributed by atoms with Crippen molar-refractivity contribution < 1.29 is 0 Å². The molecule has 0 bridgehead atoms. The van der Waals surface area contributed by atoms with E-state index in [-0.39, 0.29) is 6.17 Å². The Morgan fingerprint density at radius 3 is 2.69 bits per heavy atom. The van der Waals surface area contributed by atoms with Crippen molar-refractivity contribution in [2.75, 3.05) is 0 Å². The van der Waals surface area contributed by atoms with Gasteiger partial charge >= 0.3 is 0 Å². The van der Waals surface area contributed by atoms with E-state index < -0.39 is 0 Å². The van der Waals surface area contributed by atoms with Crippen LogP contribution in [0.1, 0.15) is 0 Å². The van der Waals surface area contributed by atoms with E-state index in [1.807, 2.05) is 30.3 Å². The van der Waals surface area contributed by atoms with Crippen molar-refractivity contribution in [2.24, 2.45) is 20.2 Å². The highest BCUT2D eigenvalue weighted by Crippen LogP contribution is 2.11. The second kappa shape index (κ2) is 3.71. The van der Waals surface area contributed by atoms with Crippen LogP contribution in [0.25, 0.3) is 0 Å². The third-order valence-corrected chi connectivity index (χ3v) is 1.55. The van der Waals surface area contributed by atoms with Gasteiger partial charge in [-0.15, -0.1) is 0 Å². The Hall–Kier alpha value is -1.84. The highest BCUT2D eigenvalue weighted by molar-refractivity contribution is 5.81. The standard InChI is InChI=1S/C9H8N4/c1-2-4-8(5-3-1)12-13-9-6-10-7-11-9/h1-7,9H/t9-/m0/s1. The Morgan fingerprint density at radius 2 is 2.00 bits per heavy atom. The van der Waals surface area contributed by atoms with Gasteiger partial charge in [-0.3, -0.25) is 0 Å². The molecule has 0 radical (unpaired) electrons. The molecule has 0 N–H and O–H groups in total. The van der Waals surface area contributed by atoms with Crippen molar-refractivity contribution in [3.8, 4) is 0 Å². The number of hydrogen-bond acceptors (Lipinski definition) is 4. The Labute approximate surface area is 75.8 Å². The number of rotatable bonds is 2. The molecule has 13 heavy (non-hydrogen) atoms. The van der Waals surface area contributed by atoms with Crippen molar-refractivity contribution >= 4 is 18.2 Å². The summed E-state index contributed by atoms with van der Waals surface area (Å²) in [5.41, 5.74) is 0.831. The second-order valence-corrected chi connectivity index (χ2v) is 2.53. The summed E-state index contributed by atoms with van der Waals surface area (Å²) in [7, 11) is 0. The second-order valence-electron chi connectivity index (χ2n) is 2.53. The molecule has 1 aromatic carbocycles. The number of benzene rings is 1. The lowest BCUT2D eigenvalue weighted by Gasteiger charge is -1.92. The Kier molecular flexibility index (Phi) is 2.22. The van der Waals surface area contributed by atoms with Gasteiger partial charge in [0.05, 0.1) is 11.9 Å². The zero-order valence-electron chi connectivity index (χ0n) is 6.91. The molecule has 0 aliphatic carbocycles. The lowest BCUT2D eigenvalue weighted by Crippen LogP contribution is -1.94. The summed E-state index contributed by atoms with van der Waals surface area (Å²) in [6.45, 7) is 0. The van der Waals surface area contributed by atoms with Gasteiger partial charge in [0.1, 0.15) is 6.34 Å². The molecule has 0 spiro atoms. The van der Waals surface area contributed by atoms with E-state index in [0.29, 0.717) is 0 Å². The third kappa shape index (κ3) is 2.05. The normalized spacial score (nSPS) is 20.2. The van der Waals surface area contributed by atoms with Crippen molar-refractivity contribution in [3.63, 3.8) is 0 Å². The maximum atomic E-state index is 4.01. The maximum Gasteiger partial charge on any atom is 0.197 e. The average molecular weight is 172 g/mol. The van der Waals surface area contributed by atoms with Crippen LogP contribution in [-0.4, -0.2) is 18.7 Å². The maximum absolute atomic E-state index is 4.01. The topological polar surface area (TPSA) is 49.4 Å². The van der Waals surface area contributed by atoms with Crippen LogP contribution in [-0.2, 0) is 0 Å². The van der Waals surface area contributed by atoms with E-state index in [2.05, 4.69) is 20.2 Å². The molecule has 4 nitrogen and oxygen atoms in total. The quantitative estimate of drug-likeness (QED) is 0.614. The Bertz CT molecular complexity index is 341. The molecule has 2 rings (SSSR count). The van der Waals surface area contributed by atoms with Crippen molar-refractivity contribution in [2.45, 2.75) is 6.17 Å². The summed E-state index contributed by atoms with van der Waals surface area (Å²) in [5, 5.41) is 7.98. The molecule has 0 amide bonds. The molecule has 0 unspecified atom stereocenters. The van der Waals surface area contributed by atoms with Gasteiger partial charge in [-0.1, -0.05) is 18.2 Å². The van der Waals surface area contributed by atoms with Gasteiger partial charge in [-0.25, -0.2) is 9.98 Å². The Balaban J connectivity index is 2.05. The third-order valence-electron chi connectivity index (χ3n) is 1.55. The molecule has 1 aromatic rings. The zero-order valence-corrected chi connectivity index (χ0v) is 6.91. The van der Waals surface area contributed by atoms with Gasteiger partial charge in [-0.2, -0.15) is 10.2 Å². The van der Waals surface area contributed by atoms with Gasteiger partial charge in [0.25, 0.3) is 0 Å². The van der Waals surface area contributed by atoms with Crippen LogP contribution in [0.2, 0.25) is 0 Å². The van der Waals surface area contributed by atoms with Crippen LogP contribution in [0.4, 0.5) is 5.69 Å². The fourth-order valence-corrected chi connectivity index (χ4v) is 0.941. The molecule has 0 fully saturated rings. The first-order valence-electron chi connectivity index (χ1n) is 3.96. The molecule has 64 valence electrons. The summed E-state index contributed by atoms with van der Waals surface area (Å²) < 4.78 is 0. The fraction of sp³-hybridized carbons (Fsp3) is 0.111. The molecule has 1 aliphatic rings. The van der Waals surface area contributed by atoms with Gasteiger partial charge in [0, 0.05) is 0 Å². The molecule has 1 aliphatic heterocycles. The molecular weight excluding hydrogens is 164 g/mol. The van der Waals surface area contributed by atoms with Crippen LogP contribution in [0, 0.1) is 0 Å². The van der Waals surface area contributed by atoms with Gasteiger partial charge < -0.3 is 0 Å². The first-order valence-corrected chi connectivity index (χ1v) is 3.96. The minimum Gasteiger partial charge on any atom is -0.245 e. The predicted molar refractivity (Wildman–Crippen MR) is 51.7 cm³/mol. The minimum atomic E-state index is -0.236. The monoisotopic (exact) mass is 172 g/mol. The van der Waals surface area contributed by atoms with Crippen molar-refractivity contribution in [1.82, 2.24) is 0 Å². The molecule has 1 atom stereocenters. The van der Waals surface area contributed by atoms with Gasteiger partial charge in [0.15, 0.2) is 6.17 Å². The number of azo groups is 1. The highest BCUT2D eigenvalue weighted by Gasteiger charge is 2.01. The van der Waals surface area contributed by atoms with Crippen molar-refractivity contribution in [1.29, 1.82) is 0 Å². The minimum absolute atomic E-state index is 0.236. The first-order chi connectivity index (χ1) is 6.45. The molecular formula is C9H8N4. The van der Waals surface area contributed by atoms with Crippen LogP contribution >= 0.6 is 0 Å². The lowest BCUT2D eigenvalue weighted by molar-refractivity contribution is 0.884. The van der Waals surface area contributed by atoms with Crippen LogP contribution in [0.3, 0.4) is 0 Å². The van der Waals surface area contributed by atoms with Crippen molar-refractivity contribution in [3.05, 3.63) is 30.3 Å². The summed E-state index contributed by atoms with van der Waals surface area (Å²) in [4.78, 5) is 7.75. The van der Waals surface area contributed by atoms with Crippen LogP contribution in [0.5, 0.6) is 0 Å². The van der Waals surface area contributed by atoms with Crippen LogP contribution < -0.4 is 0 Å². The molecule has 0 saturated carbocycles. The lowest BCUT2D eigenvalue weighted by atomic mass is 10.3. The van der Waals surface area contributed by atoms with Gasteiger partial charge in [0.2, 0.25) is 0 Å². The van der Waals surface area contributed by atoms with E-state index in [0.717, 1.165) is 5.69 Å². The zero-order chi connectivity index (χ0) is 8.93. The average Bonchev–Trinajstić information content (AvgIpc) is 2.69. The van der Waals surface area contributed by atoms with Gasteiger partial charge in [-0.05, 0) is 12.1 Å². The van der Waals surface area contributed by atoms with E-state index in [4.69, 9.17) is 0 Å². The number of nitrogens with zero attached hydrogens (tertiary/aromatic N) is 4. The number of hydrogen-bond donors (Lipinski definition) is 0. The summed E-state index contributed by atoms with van der Waals surface area (Å²) in [6.07, 6.45) is 2.89. The largest absolute Gasteiger partial charge is 0.245 e. The van der Waals surface area contributed by atoms with E-state index in [9.17, 15) is 0 Å². The van der Waals surface area contributed by atoms with Crippen LogP contribution in [0.15, 0.2) is 50.5 Å². The molecule has 0 aromatic heterocycles. The summed E-state index contributed by atoms with van der Waals surface area (Å²) >= 11 is 0. The molecule has 1 heterocycles.